The molecule has 0 spiro atoms. The van der Waals surface area contributed by atoms with Crippen LogP contribution in [0.3, 0.4) is 0 Å². The number of nitrogens with one attached hydrogen (secondary N) is 2. The highest BCUT2D eigenvalue weighted by atomic mass is 16.7. The summed E-state index contributed by atoms with van der Waals surface area (Å²) in [5, 5.41) is 2.84. The largest absolute Gasteiger partial charge is 0.464 e. The minimum absolute atomic E-state index is 0.0930. The van der Waals surface area contributed by atoms with Crippen molar-refractivity contribution < 1.29 is 33.3 Å². The average Bonchev–Trinajstić information content (AvgIpc) is 3.05. The molecule has 1 aliphatic heterocycles. The maximum atomic E-state index is 11.9. The molecule has 0 saturated carbocycles. The zero-order valence-electron chi connectivity index (χ0n) is 15.6. The van der Waals surface area contributed by atoms with Crippen molar-refractivity contribution in [2.24, 2.45) is 0 Å². The van der Waals surface area contributed by atoms with E-state index in [2.05, 4.69) is 20.0 Å². The highest BCUT2D eigenvalue weighted by molar-refractivity contribution is 5.73. The summed E-state index contributed by atoms with van der Waals surface area (Å²) < 4.78 is 25.2. The first-order valence-corrected chi connectivity index (χ1v) is 8.31. The van der Waals surface area contributed by atoms with Gasteiger partial charge < -0.3 is 34.7 Å². The van der Waals surface area contributed by atoms with Gasteiger partial charge in [-0.15, -0.1) is 0 Å². The zero-order valence-corrected chi connectivity index (χ0v) is 15.6. The van der Waals surface area contributed by atoms with Gasteiger partial charge in [0.2, 0.25) is 5.95 Å². The molecular weight excluding hydrogens is 378 g/mol. The Kier molecular flexibility index (Phi) is 7.98. The maximum absolute atomic E-state index is 11.9. The summed E-state index contributed by atoms with van der Waals surface area (Å²) in [4.78, 5) is 42.9. The number of hydrogen-bond donors (Lipinski definition) is 3. The smallest absolute Gasteiger partial charge is 0.335 e. The van der Waals surface area contributed by atoms with E-state index in [1.165, 1.54) is 19.1 Å². The summed E-state index contributed by atoms with van der Waals surface area (Å²) in [6, 6.07) is 0. The van der Waals surface area contributed by atoms with Crippen molar-refractivity contribution in [1.29, 1.82) is 0 Å². The molecule has 0 aliphatic carbocycles. The third kappa shape index (κ3) is 5.80. The lowest BCUT2D eigenvalue weighted by molar-refractivity contribution is -0.183. The molecule has 28 heavy (non-hydrogen) atoms. The van der Waals surface area contributed by atoms with Gasteiger partial charge in [-0.05, 0) is 0 Å². The predicted molar refractivity (Wildman–Crippen MR) is 95.4 cm³/mol. The first-order chi connectivity index (χ1) is 13.5. The minimum atomic E-state index is -1.19. The number of anilines is 3. The number of aromatic amines is 1. The third-order valence-corrected chi connectivity index (χ3v) is 3.44. The number of ether oxygens (including phenoxy) is 5. The molecule has 1 aliphatic rings. The number of rotatable bonds is 11. The normalized spacial score (nSPS) is 13.6. The molecule has 0 amide bonds. The van der Waals surface area contributed by atoms with E-state index in [-0.39, 0.29) is 50.5 Å². The molecule has 1 atom stereocenters. The van der Waals surface area contributed by atoms with Crippen molar-refractivity contribution in [2.75, 3.05) is 63.3 Å². The van der Waals surface area contributed by atoms with Gasteiger partial charge in [0.25, 0.3) is 12.0 Å². The van der Waals surface area contributed by atoms with E-state index < -0.39 is 23.9 Å². The molecule has 0 aromatic carbocycles. The van der Waals surface area contributed by atoms with E-state index in [9.17, 15) is 14.4 Å². The Morgan fingerprint density at radius 3 is 2.64 bits per heavy atom. The highest BCUT2D eigenvalue weighted by Crippen LogP contribution is 2.28. The molecule has 0 fully saturated rings. The van der Waals surface area contributed by atoms with Crippen molar-refractivity contribution in [3.63, 3.8) is 0 Å². The number of methoxy groups -OCH3 is 2. The molecule has 1 aromatic rings. The van der Waals surface area contributed by atoms with Crippen LogP contribution in [0.2, 0.25) is 0 Å². The second-order valence-electron chi connectivity index (χ2n) is 5.56. The average molecular weight is 401 g/mol. The molecule has 4 N–H and O–H groups in total. The Morgan fingerprint density at radius 2 is 1.93 bits per heavy atom. The fourth-order valence-electron chi connectivity index (χ4n) is 2.30. The molecule has 2 heterocycles. The van der Waals surface area contributed by atoms with Crippen molar-refractivity contribution in [2.45, 2.75) is 12.8 Å². The molecule has 0 radical (unpaired) electrons. The van der Waals surface area contributed by atoms with Crippen LogP contribution in [-0.2, 0) is 33.3 Å². The number of carbonyl (C=O) groups is 2. The van der Waals surface area contributed by atoms with Gasteiger partial charge in [0.1, 0.15) is 18.9 Å². The summed E-state index contributed by atoms with van der Waals surface area (Å²) in [6.45, 7) is -0.136. The Balaban J connectivity index is 2.00. The Labute approximate surface area is 160 Å². The van der Waals surface area contributed by atoms with Gasteiger partial charge in [0.15, 0.2) is 5.82 Å². The van der Waals surface area contributed by atoms with Gasteiger partial charge in [0, 0.05) is 20.6 Å². The first kappa shape index (κ1) is 21.4. The molecule has 0 bridgehead atoms. The summed E-state index contributed by atoms with van der Waals surface area (Å²) >= 11 is 0. The van der Waals surface area contributed by atoms with Gasteiger partial charge in [-0.1, -0.05) is 0 Å². The van der Waals surface area contributed by atoms with Crippen LogP contribution in [0.5, 0.6) is 0 Å². The maximum Gasteiger partial charge on any atom is 0.335 e. The van der Waals surface area contributed by atoms with E-state index in [4.69, 9.17) is 24.7 Å². The van der Waals surface area contributed by atoms with Gasteiger partial charge in [0.05, 0.1) is 19.9 Å². The molecule has 2 rings (SSSR count). The lowest BCUT2D eigenvalue weighted by Gasteiger charge is -2.27. The molecule has 1 unspecified atom stereocenters. The Bertz CT molecular complexity index is 740. The van der Waals surface area contributed by atoms with Crippen molar-refractivity contribution in [3.8, 4) is 0 Å². The van der Waals surface area contributed by atoms with Crippen LogP contribution in [0.15, 0.2) is 4.79 Å². The first-order valence-electron chi connectivity index (χ1n) is 8.31. The monoisotopic (exact) mass is 401 g/mol. The van der Waals surface area contributed by atoms with Gasteiger partial charge in [-0.3, -0.25) is 14.7 Å². The van der Waals surface area contributed by atoms with Gasteiger partial charge >= 0.3 is 11.9 Å². The number of hydrogen-bond acceptors (Lipinski definition) is 12. The van der Waals surface area contributed by atoms with Crippen LogP contribution < -0.4 is 21.5 Å². The number of nitrogens with two attached hydrogens (primary N) is 1. The number of nitrogen functional groups attached to an aromatic ring is 1. The van der Waals surface area contributed by atoms with Gasteiger partial charge in [-0.25, -0.2) is 9.59 Å². The fourth-order valence-corrected chi connectivity index (χ4v) is 2.30. The fraction of sp³-hybridized carbons (Fsp3) is 0.600. The number of esters is 2. The summed E-state index contributed by atoms with van der Waals surface area (Å²) in [5.74, 6) is -1.08. The molecule has 1 aromatic heterocycles. The van der Waals surface area contributed by atoms with Crippen molar-refractivity contribution in [3.05, 3.63) is 10.4 Å². The Hall–Kier alpha value is -2.90. The molecule has 156 valence electrons. The van der Waals surface area contributed by atoms with Crippen molar-refractivity contribution >= 4 is 29.4 Å². The van der Waals surface area contributed by atoms with Gasteiger partial charge in [-0.2, -0.15) is 4.98 Å². The second kappa shape index (κ2) is 10.4. The van der Waals surface area contributed by atoms with E-state index in [0.29, 0.717) is 6.42 Å². The number of nitrogens with zero attached hydrogens (tertiary/aromatic N) is 2. The SMILES string of the molecule is COCC(=O)OCCCOC(OC(=O)COC)N1CNc2c1nc(N)[nH]c2=O. The van der Waals surface area contributed by atoms with Crippen LogP contribution >= 0.6 is 0 Å². The predicted octanol–water partition coefficient (Wildman–Crippen LogP) is -1.39. The van der Waals surface area contributed by atoms with E-state index in [1.807, 2.05) is 0 Å². The molecule has 13 nitrogen and oxygen atoms in total. The topological polar surface area (TPSA) is 167 Å². The van der Waals surface area contributed by atoms with Crippen LogP contribution in [-0.4, -0.2) is 75.6 Å². The van der Waals surface area contributed by atoms with Crippen molar-refractivity contribution in [1.82, 2.24) is 9.97 Å². The molecule has 0 saturated heterocycles. The van der Waals surface area contributed by atoms with Crippen LogP contribution in [0, 0.1) is 0 Å². The number of H-pyrrole nitrogens is 1. The summed E-state index contributed by atoms with van der Waals surface area (Å²) in [7, 11) is 2.73. The second-order valence-corrected chi connectivity index (χ2v) is 5.56. The number of fused-ring (bicyclic) bond motifs is 1. The number of carbonyl (C=O) groups excluding carboxylic acids is 2. The van der Waals surface area contributed by atoms with Crippen LogP contribution in [0.4, 0.5) is 17.5 Å². The summed E-state index contributed by atoms with van der Waals surface area (Å²) in [6.07, 6.45) is -0.855. The van der Waals surface area contributed by atoms with E-state index >= 15 is 0 Å². The summed E-state index contributed by atoms with van der Waals surface area (Å²) in [5.41, 5.74) is 5.31. The van der Waals surface area contributed by atoms with E-state index in [0.717, 1.165) is 0 Å². The quantitative estimate of drug-likeness (QED) is 0.226. The standard InChI is InChI=1S/C15H23N5O8/c1-24-6-9(21)26-4-3-5-27-15(28-10(22)7-25-2)20-8-17-11-12(20)18-14(16)19-13(11)23/h15,17H,3-8H2,1-2H3,(H3,16,18,19,23). The van der Waals surface area contributed by atoms with E-state index in [1.54, 1.807) is 0 Å². The number of aromatic nitrogens is 2. The Morgan fingerprint density at radius 1 is 1.21 bits per heavy atom. The minimum Gasteiger partial charge on any atom is -0.464 e. The molecule has 13 heteroatoms. The third-order valence-electron chi connectivity index (χ3n) is 3.44. The van der Waals surface area contributed by atoms with Crippen LogP contribution in [0.1, 0.15) is 6.42 Å². The lowest BCUT2D eigenvalue weighted by Crippen LogP contribution is -2.42. The lowest BCUT2D eigenvalue weighted by atomic mass is 10.4. The zero-order chi connectivity index (χ0) is 20.5. The highest BCUT2D eigenvalue weighted by Gasteiger charge is 2.32. The molecular formula is C15H23N5O8. The van der Waals surface area contributed by atoms with Crippen LogP contribution in [0.25, 0.3) is 0 Å².